The third kappa shape index (κ3) is 4.29. The molecule has 1 rings (SSSR count). The van der Waals surface area contributed by atoms with Gasteiger partial charge in [-0.3, -0.25) is 4.68 Å². The number of hydrogen-bond acceptors (Lipinski definition) is 2. The van der Waals surface area contributed by atoms with E-state index in [1.807, 2.05) is 24.0 Å². The van der Waals surface area contributed by atoms with Gasteiger partial charge in [0.15, 0.2) is 0 Å². The largest absolute Gasteiger partial charge is 0.311 e. The van der Waals surface area contributed by atoms with Gasteiger partial charge in [0.05, 0.1) is 5.69 Å². The van der Waals surface area contributed by atoms with Gasteiger partial charge in [0, 0.05) is 25.7 Å². The fraction of sp³-hybridized carbons (Fsp3) is 0.667. The van der Waals surface area contributed by atoms with E-state index < -0.39 is 0 Å². The predicted octanol–water partition coefficient (Wildman–Crippen LogP) is 1.53. The molecule has 0 aliphatic heterocycles. The van der Waals surface area contributed by atoms with Gasteiger partial charge in [-0.15, -0.1) is 11.6 Å². The molecule has 0 amide bonds. The van der Waals surface area contributed by atoms with Crippen LogP contribution in [-0.2, 0) is 13.6 Å². The van der Waals surface area contributed by atoms with Gasteiger partial charge in [0.1, 0.15) is 0 Å². The Morgan fingerprint density at radius 1 is 1.54 bits per heavy atom. The normalized spacial score (nSPS) is 10.6. The van der Waals surface area contributed by atoms with Gasteiger partial charge >= 0.3 is 0 Å². The minimum atomic E-state index is 0.755. The number of rotatable bonds is 6. The Morgan fingerprint density at radius 2 is 2.38 bits per heavy atom. The van der Waals surface area contributed by atoms with Crippen molar-refractivity contribution < 1.29 is 0 Å². The van der Waals surface area contributed by atoms with Gasteiger partial charge in [0.2, 0.25) is 0 Å². The van der Waals surface area contributed by atoms with Crippen LogP contribution in [0.2, 0.25) is 0 Å². The van der Waals surface area contributed by atoms with Crippen LogP contribution in [0.4, 0.5) is 0 Å². The number of nitrogens with one attached hydrogen (secondary N) is 1. The van der Waals surface area contributed by atoms with Gasteiger partial charge in [-0.1, -0.05) is 0 Å². The molecule has 13 heavy (non-hydrogen) atoms. The Hall–Kier alpha value is -0.540. The van der Waals surface area contributed by atoms with Gasteiger partial charge in [-0.2, -0.15) is 5.10 Å². The summed E-state index contributed by atoms with van der Waals surface area (Å²) in [5.74, 6) is 0.755. The summed E-state index contributed by atoms with van der Waals surface area (Å²) in [4.78, 5) is 0. The molecule has 0 saturated carbocycles. The summed E-state index contributed by atoms with van der Waals surface area (Å²) in [6.45, 7) is 1.87. The number of aryl methyl sites for hydroxylation is 1. The van der Waals surface area contributed by atoms with Gasteiger partial charge in [-0.25, -0.2) is 0 Å². The van der Waals surface area contributed by atoms with Crippen molar-refractivity contribution in [3.05, 3.63) is 18.0 Å². The number of halogens is 1. The quantitative estimate of drug-likeness (QED) is 0.559. The first-order valence-corrected chi connectivity index (χ1v) is 5.11. The van der Waals surface area contributed by atoms with Crippen LogP contribution in [0, 0.1) is 0 Å². The predicted molar refractivity (Wildman–Crippen MR) is 54.9 cm³/mol. The highest BCUT2D eigenvalue weighted by molar-refractivity contribution is 6.17. The third-order valence-electron chi connectivity index (χ3n) is 1.81. The molecule has 1 aromatic heterocycles. The van der Waals surface area contributed by atoms with Crippen LogP contribution in [0.1, 0.15) is 18.5 Å². The van der Waals surface area contributed by atoms with Crippen molar-refractivity contribution in [3.8, 4) is 0 Å². The van der Waals surface area contributed by atoms with Gasteiger partial charge in [0.25, 0.3) is 0 Å². The zero-order valence-electron chi connectivity index (χ0n) is 7.96. The zero-order valence-corrected chi connectivity index (χ0v) is 8.72. The first kappa shape index (κ1) is 10.5. The lowest BCUT2D eigenvalue weighted by Gasteiger charge is -2.00. The molecule has 0 aliphatic carbocycles. The van der Waals surface area contributed by atoms with Crippen molar-refractivity contribution in [2.75, 3.05) is 12.4 Å². The molecule has 0 fully saturated rings. The molecule has 0 radical (unpaired) electrons. The second kappa shape index (κ2) is 6.00. The van der Waals surface area contributed by atoms with E-state index >= 15 is 0 Å². The van der Waals surface area contributed by atoms with E-state index in [-0.39, 0.29) is 0 Å². The summed E-state index contributed by atoms with van der Waals surface area (Å²) in [6, 6.07) is 2.02. The van der Waals surface area contributed by atoms with Crippen LogP contribution in [-0.4, -0.2) is 22.2 Å². The highest BCUT2D eigenvalue weighted by atomic mass is 35.5. The minimum Gasteiger partial charge on any atom is -0.311 e. The van der Waals surface area contributed by atoms with Gasteiger partial charge < -0.3 is 5.32 Å². The van der Waals surface area contributed by atoms with E-state index in [2.05, 4.69) is 10.4 Å². The summed E-state index contributed by atoms with van der Waals surface area (Å²) >= 11 is 5.56. The number of aromatic nitrogens is 2. The maximum atomic E-state index is 5.56. The van der Waals surface area contributed by atoms with Crippen LogP contribution in [0.25, 0.3) is 0 Å². The Balaban J connectivity index is 2.06. The summed E-state index contributed by atoms with van der Waals surface area (Å²) in [5, 5.41) is 7.57. The molecule has 0 spiro atoms. The number of nitrogens with zero attached hydrogens (tertiary/aromatic N) is 2. The Bertz CT molecular complexity index is 235. The maximum absolute atomic E-state index is 5.56. The lowest BCUT2D eigenvalue weighted by molar-refractivity contribution is 0.624. The molecule has 0 saturated heterocycles. The SMILES string of the molecule is Cn1ccc(CNCCCCCl)n1. The number of hydrogen-bond donors (Lipinski definition) is 1. The second-order valence-corrected chi connectivity index (χ2v) is 3.43. The fourth-order valence-electron chi connectivity index (χ4n) is 1.12. The monoisotopic (exact) mass is 201 g/mol. The standard InChI is InChI=1S/C9H16ClN3/c1-13-7-4-9(12-13)8-11-6-3-2-5-10/h4,7,11H,2-3,5-6,8H2,1H3. The molecule has 3 nitrogen and oxygen atoms in total. The average Bonchev–Trinajstić information content (AvgIpc) is 2.51. The molecule has 0 aliphatic rings. The molecule has 0 aromatic carbocycles. The van der Waals surface area contributed by atoms with E-state index in [9.17, 15) is 0 Å². The molecule has 4 heteroatoms. The molecule has 1 N–H and O–H groups in total. The topological polar surface area (TPSA) is 29.9 Å². The molecule has 0 bridgehead atoms. The van der Waals surface area contributed by atoms with Crippen LogP contribution in [0.15, 0.2) is 12.3 Å². The second-order valence-electron chi connectivity index (χ2n) is 3.05. The summed E-state index contributed by atoms with van der Waals surface area (Å²) in [7, 11) is 1.93. The Labute approximate surface area is 84.1 Å². The van der Waals surface area contributed by atoms with Crippen molar-refractivity contribution in [3.63, 3.8) is 0 Å². The van der Waals surface area contributed by atoms with Crippen molar-refractivity contribution in [2.45, 2.75) is 19.4 Å². The van der Waals surface area contributed by atoms with Crippen LogP contribution in [0.5, 0.6) is 0 Å². The fourth-order valence-corrected chi connectivity index (χ4v) is 1.31. The molecule has 74 valence electrons. The Kier molecular flexibility index (Phi) is 4.86. The van der Waals surface area contributed by atoms with E-state index in [4.69, 9.17) is 11.6 Å². The van der Waals surface area contributed by atoms with Gasteiger partial charge in [-0.05, 0) is 25.5 Å². The van der Waals surface area contributed by atoms with Crippen molar-refractivity contribution >= 4 is 11.6 Å². The van der Waals surface area contributed by atoms with E-state index in [1.54, 1.807) is 0 Å². The molecular formula is C9H16ClN3. The van der Waals surface area contributed by atoms with E-state index in [0.717, 1.165) is 37.5 Å². The van der Waals surface area contributed by atoms with Crippen LogP contribution in [0.3, 0.4) is 0 Å². The highest BCUT2D eigenvalue weighted by Gasteiger charge is 1.94. The van der Waals surface area contributed by atoms with Crippen molar-refractivity contribution in [1.29, 1.82) is 0 Å². The number of unbranched alkanes of at least 4 members (excludes halogenated alkanes) is 1. The molecule has 0 unspecified atom stereocenters. The maximum Gasteiger partial charge on any atom is 0.0762 e. The molecule has 1 heterocycles. The van der Waals surface area contributed by atoms with Crippen molar-refractivity contribution in [1.82, 2.24) is 15.1 Å². The smallest absolute Gasteiger partial charge is 0.0762 e. The number of alkyl halides is 1. The summed E-state index contributed by atoms with van der Waals surface area (Å²) in [5.41, 5.74) is 1.09. The highest BCUT2D eigenvalue weighted by Crippen LogP contribution is 1.94. The zero-order chi connectivity index (χ0) is 9.52. The molecular weight excluding hydrogens is 186 g/mol. The third-order valence-corrected chi connectivity index (χ3v) is 2.08. The van der Waals surface area contributed by atoms with Crippen LogP contribution < -0.4 is 5.32 Å². The lowest BCUT2D eigenvalue weighted by Crippen LogP contribution is -2.15. The molecule has 1 aromatic rings. The van der Waals surface area contributed by atoms with Crippen molar-refractivity contribution in [2.24, 2.45) is 7.05 Å². The first-order chi connectivity index (χ1) is 6.33. The first-order valence-electron chi connectivity index (χ1n) is 4.58. The minimum absolute atomic E-state index is 0.755. The van der Waals surface area contributed by atoms with E-state index in [0.29, 0.717) is 0 Å². The van der Waals surface area contributed by atoms with E-state index in [1.165, 1.54) is 0 Å². The Morgan fingerprint density at radius 3 is 3.00 bits per heavy atom. The molecule has 0 atom stereocenters. The summed E-state index contributed by atoms with van der Waals surface area (Å²) < 4.78 is 1.82. The van der Waals surface area contributed by atoms with Crippen LogP contribution >= 0.6 is 11.6 Å². The summed E-state index contributed by atoms with van der Waals surface area (Å²) in [6.07, 6.45) is 4.17. The average molecular weight is 202 g/mol. The lowest BCUT2D eigenvalue weighted by atomic mass is 10.3.